The Balaban J connectivity index is 2.03. The number of aromatic nitrogens is 2. The highest BCUT2D eigenvalue weighted by molar-refractivity contribution is 7.99. The van der Waals surface area contributed by atoms with Crippen LogP contribution in [0.5, 0.6) is 0 Å². The Labute approximate surface area is 130 Å². The zero-order valence-electron chi connectivity index (χ0n) is 10.7. The highest BCUT2D eigenvalue weighted by Gasteiger charge is 2.10. The fourth-order valence-corrected chi connectivity index (χ4v) is 3.82. The molecule has 0 N–H and O–H groups in total. The number of fused-ring (bicyclic) bond motifs is 1. The molecule has 2 aromatic heterocycles. The number of methoxy groups -OCH3 is 1. The Hall–Kier alpha value is -1.14. The van der Waals surface area contributed by atoms with Gasteiger partial charge in [0.2, 0.25) is 0 Å². The number of rotatable bonds is 4. The van der Waals surface area contributed by atoms with Gasteiger partial charge in [0.25, 0.3) is 0 Å². The minimum absolute atomic E-state index is 0.584. The van der Waals surface area contributed by atoms with Crippen LogP contribution in [0.4, 0.5) is 0 Å². The summed E-state index contributed by atoms with van der Waals surface area (Å²) in [7, 11) is 1.68. The first-order valence-corrected chi connectivity index (χ1v) is 8.08. The molecule has 0 unspecified atom stereocenters. The maximum Gasteiger partial charge on any atom is 0.120 e. The summed E-state index contributed by atoms with van der Waals surface area (Å²) in [4.78, 5) is 9.82. The molecule has 0 aliphatic heterocycles. The molecule has 1 aromatic carbocycles. The van der Waals surface area contributed by atoms with Crippen molar-refractivity contribution in [3.8, 4) is 10.4 Å². The third-order valence-electron chi connectivity index (χ3n) is 2.72. The van der Waals surface area contributed by atoms with E-state index >= 15 is 0 Å². The molecule has 0 atom stereocenters. The monoisotopic (exact) mass is 322 g/mol. The molecule has 0 amide bonds. The quantitative estimate of drug-likeness (QED) is 0.396. The molecule has 0 aliphatic carbocycles. The SMILES string of the molecule is COCSc1ncnc2cc(-c3ccc(Cl)cc3)sc12. The van der Waals surface area contributed by atoms with Gasteiger partial charge in [0.15, 0.2) is 0 Å². The normalized spacial score (nSPS) is 11.1. The predicted molar refractivity (Wildman–Crippen MR) is 85.6 cm³/mol. The van der Waals surface area contributed by atoms with E-state index in [-0.39, 0.29) is 0 Å². The highest BCUT2D eigenvalue weighted by atomic mass is 35.5. The second kappa shape index (κ2) is 6.10. The number of hydrogen-bond acceptors (Lipinski definition) is 5. The number of thioether (sulfide) groups is 1. The second-order valence-electron chi connectivity index (χ2n) is 4.06. The third-order valence-corrected chi connectivity index (χ3v) is 5.22. The number of nitrogens with zero attached hydrogens (tertiary/aromatic N) is 2. The first-order chi connectivity index (χ1) is 9.78. The Morgan fingerprint density at radius 1 is 1.25 bits per heavy atom. The van der Waals surface area contributed by atoms with E-state index in [9.17, 15) is 0 Å². The first-order valence-electron chi connectivity index (χ1n) is 5.90. The summed E-state index contributed by atoms with van der Waals surface area (Å²) in [6, 6.07) is 9.91. The van der Waals surface area contributed by atoms with Crippen LogP contribution >= 0.6 is 34.7 Å². The number of benzene rings is 1. The van der Waals surface area contributed by atoms with Crippen molar-refractivity contribution < 1.29 is 4.74 Å². The molecule has 20 heavy (non-hydrogen) atoms. The molecule has 0 saturated carbocycles. The van der Waals surface area contributed by atoms with E-state index in [2.05, 4.69) is 16.0 Å². The number of halogens is 1. The van der Waals surface area contributed by atoms with Crippen LogP contribution in [0, 0.1) is 0 Å². The molecule has 0 aliphatic rings. The van der Waals surface area contributed by atoms with Gasteiger partial charge in [0, 0.05) is 17.0 Å². The lowest BCUT2D eigenvalue weighted by molar-refractivity contribution is 0.258. The Morgan fingerprint density at radius 3 is 2.80 bits per heavy atom. The average Bonchev–Trinajstić information content (AvgIpc) is 2.90. The molecule has 102 valence electrons. The largest absolute Gasteiger partial charge is 0.374 e. The lowest BCUT2D eigenvalue weighted by Crippen LogP contribution is -1.86. The summed E-state index contributed by atoms with van der Waals surface area (Å²) in [6.07, 6.45) is 1.60. The standard InChI is InChI=1S/C14H11ClN2OS2/c1-18-8-19-14-13-11(16-7-17-14)6-12(20-13)9-2-4-10(15)5-3-9/h2-7H,8H2,1H3. The van der Waals surface area contributed by atoms with E-state index in [0.717, 1.165) is 30.7 Å². The smallest absolute Gasteiger partial charge is 0.120 e. The molecule has 0 saturated heterocycles. The summed E-state index contributed by atoms with van der Waals surface area (Å²) in [5.74, 6) is 0.584. The zero-order valence-corrected chi connectivity index (χ0v) is 13.1. The van der Waals surface area contributed by atoms with E-state index in [0.29, 0.717) is 5.94 Å². The van der Waals surface area contributed by atoms with Crippen molar-refractivity contribution in [3.63, 3.8) is 0 Å². The second-order valence-corrected chi connectivity index (χ2v) is 6.46. The summed E-state index contributed by atoms with van der Waals surface area (Å²) in [6.45, 7) is 0. The van der Waals surface area contributed by atoms with Gasteiger partial charge in [-0.15, -0.1) is 11.3 Å². The Kier molecular flexibility index (Phi) is 4.21. The number of ether oxygens (including phenoxy) is 1. The molecule has 0 radical (unpaired) electrons. The minimum atomic E-state index is 0.584. The van der Waals surface area contributed by atoms with E-state index in [4.69, 9.17) is 16.3 Å². The molecular formula is C14H11ClN2OS2. The van der Waals surface area contributed by atoms with Gasteiger partial charge in [-0.1, -0.05) is 35.5 Å². The van der Waals surface area contributed by atoms with Gasteiger partial charge >= 0.3 is 0 Å². The Morgan fingerprint density at radius 2 is 2.05 bits per heavy atom. The third kappa shape index (κ3) is 2.81. The molecule has 3 rings (SSSR count). The van der Waals surface area contributed by atoms with Crippen molar-refractivity contribution in [1.29, 1.82) is 0 Å². The summed E-state index contributed by atoms with van der Waals surface area (Å²) in [5, 5.41) is 1.70. The van der Waals surface area contributed by atoms with Gasteiger partial charge in [-0.2, -0.15) is 0 Å². The van der Waals surface area contributed by atoms with Crippen molar-refractivity contribution in [3.05, 3.63) is 41.7 Å². The van der Waals surface area contributed by atoms with Crippen LogP contribution < -0.4 is 0 Å². The van der Waals surface area contributed by atoms with Crippen LogP contribution in [0.15, 0.2) is 41.7 Å². The number of thiophene rings is 1. The number of hydrogen-bond donors (Lipinski definition) is 0. The minimum Gasteiger partial charge on any atom is -0.374 e. The Bertz CT molecular complexity index is 728. The molecule has 2 heterocycles. The van der Waals surface area contributed by atoms with Gasteiger partial charge in [0.1, 0.15) is 11.4 Å². The van der Waals surface area contributed by atoms with E-state index in [1.165, 1.54) is 0 Å². The van der Waals surface area contributed by atoms with Crippen LogP contribution in [0.25, 0.3) is 20.7 Å². The van der Waals surface area contributed by atoms with E-state index in [1.54, 1.807) is 36.5 Å². The fourth-order valence-electron chi connectivity index (χ4n) is 1.81. The van der Waals surface area contributed by atoms with Crippen molar-refractivity contribution >= 4 is 44.9 Å². The maximum absolute atomic E-state index is 5.92. The lowest BCUT2D eigenvalue weighted by Gasteiger charge is -1.99. The van der Waals surface area contributed by atoms with Crippen LogP contribution in [-0.2, 0) is 4.74 Å². The summed E-state index contributed by atoms with van der Waals surface area (Å²) < 4.78 is 6.19. The molecule has 0 bridgehead atoms. The molecule has 0 spiro atoms. The van der Waals surface area contributed by atoms with E-state index < -0.39 is 0 Å². The predicted octanol–water partition coefficient (Wildman–Crippen LogP) is 4.71. The van der Waals surface area contributed by atoms with Crippen LogP contribution in [0.3, 0.4) is 0 Å². The van der Waals surface area contributed by atoms with Crippen LogP contribution in [0.1, 0.15) is 0 Å². The van der Waals surface area contributed by atoms with Crippen LogP contribution in [-0.4, -0.2) is 23.0 Å². The summed E-state index contributed by atoms with van der Waals surface area (Å²) >= 11 is 9.19. The van der Waals surface area contributed by atoms with Gasteiger partial charge in [0.05, 0.1) is 16.2 Å². The first kappa shape index (κ1) is 13.8. The van der Waals surface area contributed by atoms with Gasteiger partial charge < -0.3 is 4.74 Å². The molecule has 0 fully saturated rings. The van der Waals surface area contributed by atoms with Crippen LogP contribution in [0.2, 0.25) is 5.02 Å². The molecule has 3 nitrogen and oxygen atoms in total. The molecular weight excluding hydrogens is 312 g/mol. The molecule has 6 heteroatoms. The van der Waals surface area contributed by atoms with E-state index in [1.807, 2.05) is 24.3 Å². The topological polar surface area (TPSA) is 35.0 Å². The lowest BCUT2D eigenvalue weighted by atomic mass is 10.2. The molecule has 3 aromatic rings. The van der Waals surface area contributed by atoms with Crippen molar-refractivity contribution in [2.75, 3.05) is 13.0 Å². The maximum atomic E-state index is 5.92. The van der Waals surface area contributed by atoms with Crippen molar-refractivity contribution in [1.82, 2.24) is 9.97 Å². The van der Waals surface area contributed by atoms with Crippen molar-refractivity contribution in [2.45, 2.75) is 5.03 Å². The average molecular weight is 323 g/mol. The van der Waals surface area contributed by atoms with Gasteiger partial charge in [-0.05, 0) is 23.8 Å². The van der Waals surface area contributed by atoms with Crippen molar-refractivity contribution in [2.24, 2.45) is 0 Å². The highest BCUT2D eigenvalue weighted by Crippen LogP contribution is 2.37. The van der Waals surface area contributed by atoms with Gasteiger partial charge in [-0.25, -0.2) is 9.97 Å². The zero-order chi connectivity index (χ0) is 13.9. The van der Waals surface area contributed by atoms with Gasteiger partial charge in [-0.3, -0.25) is 0 Å². The fraction of sp³-hybridized carbons (Fsp3) is 0.143. The summed E-state index contributed by atoms with van der Waals surface area (Å²) in [5.41, 5.74) is 2.11.